The molecule has 0 bridgehead atoms. The standard InChI is InChI=1S/C16H19ClN4O2/c1-12-9-15(19-23-12)18-16(22)21-7-5-20(6-8-21)11-13-3-2-4-14(17)10-13/h2-4,9-10H,5-8,11H2,1H3,(H,18,19,22). The predicted octanol–water partition coefficient (Wildman–Crippen LogP) is 2.99. The first-order valence-electron chi connectivity index (χ1n) is 7.56. The van der Waals surface area contributed by atoms with Gasteiger partial charge in [0.25, 0.3) is 0 Å². The molecule has 0 unspecified atom stereocenters. The number of benzene rings is 1. The number of carbonyl (C=O) groups excluding carboxylic acids is 1. The number of rotatable bonds is 3. The highest BCUT2D eigenvalue weighted by molar-refractivity contribution is 6.30. The quantitative estimate of drug-likeness (QED) is 0.937. The van der Waals surface area contributed by atoms with Gasteiger partial charge >= 0.3 is 6.03 Å². The van der Waals surface area contributed by atoms with Crippen LogP contribution >= 0.6 is 11.6 Å². The molecule has 6 nitrogen and oxygen atoms in total. The van der Waals surface area contributed by atoms with Gasteiger partial charge in [0.2, 0.25) is 0 Å². The Hall–Kier alpha value is -2.05. The molecule has 1 aromatic carbocycles. The van der Waals surface area contributed by atoms with E-state index in [1.54, 1.807) is 17.9 Å². The van der Waals surface area contributed by atoms with Gasteiger partial charge in [-0.05, 0) is 24.6 Å². The van der Waals surface area contributed by atoms with E-state index in [0.717, 1.165) is 24.7 Å². The fourth-order valence-corrected chi connectivity index (χ4v) is 2.83. The fourth-order valence-electron chi connectivity index (χ4n) is 2.62. The van der Waals surface area contributed by atoms with Crippen LogP contribution in [0, 0.1) is 6.92 Å². The maximum Gasteiger partial charge on any atom is 0.323 e. The van der Waals surface area contributed by atoms with Crippen LogP contribution in [0.5, 0.6) is 0 Å². The predicted molar refractivity (Wildman–Crippen MR) is 88.6 cm³/mol. The Morgan fingerprint density at radius 2 is 2.09 bits per heavy atom. The zero-order chi connectivity index (χ0) is 16.2. The molecule has 0 spiro atoms. The number of aromatic nitrogens is 1. The second kappa shape index (κ2) is 7.02. The van der Waals surface area contributed by atoms with E-state index in [-0.39, 0.29) is 6.03 Å². The number of piperazine rings is 1. The third-order valence-corrected chi connectivity index (χ3v) is 4.05. The topological polar surface area (TPSA) is 61.6 Å². The molecule has 3 rings (SSSR count). The SMILES string of the molecule is Cc1cc(NC(=O)N2CCN(Cc3cccc(Cl)c3)CC2)no1. The Kier molecular flexibility index (Phi) is 4.83. The lowest BCUT2D eigenvalue weighted by Crippen LogP contribution is -2.49. The number of anilines is 1. The molecule has 1 aliphatic rings. The van der Waals surface area contributed by atoms with E-state index >= 15 is 0 Å². The van der Waals surface area contributed by atoms with Crippen molar-refractivity contribution in [3.8, 4) is 0 Å². The molecule has 0 aliphatic carbocycles. The summed E-state index contributed by atoms with van der Waals surface area (Å²) in [6.07, 6.45) is 0. The summed E-state index contributed by atoms with van der Waals surface area (Å²) < 4.78 is 4.94. The number of halogens is 1. The van der Waals surface area contributed by atoms with Gasteiger partial charge in [0.1, 0.15) is 5.76 Å². The molecule has 2 amide bonds. The highest BCUT2D eigenvalue weighted by atomic mass is 35.5. The molecule has 1 fully saturated rings. The zero-order valence-electron chi connectivity index (χ0n) is 13.0. The van der Waals surface area contributed by atoms with Gasteiger partial charge in [-0.3, -0.25) is 10.2 Å². The number of urea groups is 1. The average Bonchev–Trinajstić information content (AvgIpc) is 2.93. The molecule has 1 N–H and O–H groups in total. The van der Waals surface area contributed by atoms with Crippen molar-refractivity contribution in [2.24, 2.45) is 0 Å². The van der Waals surface area contributed by atoms with Crippen molar-refractivity contribution >= 4 is 23.4 Å². The summed E-state index contributed by atoms with van der Waals surface area (Å²) in [5.74, 6) is 1.13. The minimum atomic E-state index is -0.138. The Balaban J connectivity index is 1.49. The second-order valence-electron chi connectivity index (χ2n) is 5.65. The van der Waals surface area contributed by atoms with Gasteiger partial charge in [-0.1, -0.05) is 28.9 Å². The lowest BCUT2D eigenvalue weighted by molar-refractivity contribution is 0.143. The largest absolute Gasteiger partial charge is 0.360 e. The van der Waals surface area contributed by atoms with Gasteiger partial charge in [0, 0.05) is 43.8 Å². The van der Waals surface area contributed by atoms with Crippen LogP contribution in [0.25, 0.3) is 0 Å². The number of hydrogen-bond acceptors (Lipinski definition) is 4. The van der Waals surface area contributed by atoms with E-state index < -0.39 is 0 Å². The molecule has 122 valence electrons. The first kappa shape index (κ1) is 15.8. The van der Waals surface area contributed by atoms with Crippen LogP contribution < -0.4 is 5.32 Å². The zero-order valence-corrected chi connectivity index (χ0v) is 13.7. The summed E-state index contributed by atoms with van der Waals surface area (Å²) in [4.78, 5) is 16.3. The van der Waals surface area contributed by atoms with Gasteiger partial charge in [-0.2, -0.15) is 0 Å². The fraction of sp³-hybridized carbons (Fsp3) is 0.375. The van der Waals surface area contributed by atoms with Crippen LogP contribution in [-0.2, 0) is 6.54 Å². The van der Waals surface area contributed by atoms with Crippen molar-refractivity contribution in [1.82, 2.24) is 15.0 Å². The van der Waals surface area contributed by atoms with Crippen LogP contribution in [0.1, 0.15) is 11.3 Å². The second-order valence-corrected chi connectivity index (χ2v) is 6.08. The number of amides is 2. The summed E-state index contributed by atoms with van der Waals surface area (Å²) in [7, 11) is 0. The molecular formula is C16H19ClN4O2. The molecule has 1 saturated heterocycles. The summed E-state index contributed by atoms with van der Waals surface area (Å²) in [6, 6.07) is 9.44. The molecule has 2 aromatic rings. The third kappa shape index (κ3) is 4.24. The molecule has 1 aromatic heterocycles. The third-order valence-electron chi connectivity index (χ3n) is 3.82. The number of nitrogens with zero attached hydrogens (tertiary/aromatic N) is 3. The van der Waals surface area contributed by atoms with Crippen molar-refractivity contribution in [2.75, 3.05) is 31.5 Å². The number of nitrogens with one attached hydrogen (secondary N) is 1. The van der Waals surface area contributed by atoms with Crippen LogP contribution in [0.2, 0.25) is 5.02 Å². The van der Waals surface area contributed by atoms with Crippen LogP contribution in [-0.4, -0.2) is 47.2 Å². The Morgan fingerprint density at radius 1 is 1.30 bits per heavy atom. The van der Waals surface area contributed by atoms with Gasteiger partial charge in [0.05, 0.1) is 0 Å². The van der Waals surface area contributed by atoms with Gasteiger partial charge in [-0.25, -0.2) is 4.79 Å². The molecule has 7 heteroatoms. The maximum absolute atomic E-state index is 12.2. The number of carbonyl (C=O) groups is 1. The molecule has 0 atom stereocenters. The Labute approximate surface area is 140 Å². The minimum Gasteiger partial charge on any atom is -0.360 e. The molecule has 0 radical (unpaired) electrons. The van der Waals surface area contributed by atoms with E-state index in [4.69, 9.17) is 16.1 Å². The summed E-state index contributed by atoms with van der Waals surface area (Å²) >= 11 is 6.01. The maximum atomic E-state index is 12.2. The highest BCUT2D eigenvalue weighted by Gasteiger charge is 2.21. The minimum absolute atomic E-state index is 0.138. The average molecular weight is 335 g/mol. The van der Waals surface area contributed by atoms with Crippen LogP contribution in [0.3, 0.4) is 0 Å². The molecule has 23 heavy (non-hydrogen) atoms. The van der Waals surface area contributed by atoms with E-state index in [1.807, 2.05) is 18.2 Å². The smallest absolute Gasteiger partial charge is 0.323 e. The van der Waals surface area contributed by atoms with Crippen molar-refractivity contribution in [1.29, 1.82) is 0 Å². The lowest BCUT2D eigenvalue weighted by atomic mass is 10.2. The monoisotopic (exact) mass is 334 g/mol. The summed E-state index contributed by atoms with van der Waals surface area (Å²) in [5.41, 5.74) is 1.19. The molecule has 2 heterocycles. The van der Waals surface area contributed by atoms with E-state index in [9.17, 15) is 4.79 Å². The molecule has 1 aliphatic heterocycles. The molecule has 0 saturated carbocycles. The van der Waals surface area contributed by atoms with E-state index in [1.165, 1.54) is 5.56 Å². The van der Waals surface area contributed by atoms with Crippen molar-refractivity contribution in [2.45, 2.75) is 13.5 Å². The first-order chi connectivity index (χ1) is 11.1. The van der Waals surface area contributed by atoms with Crippen molar-refractivity contribution < 1.29 is 9.32 Å². The Morgan fingerprint density at radius 3 is 2.74 bits per heavy atom. The first-order valence-corrected chi connectivity index (χ1v) is 7.94. The van der Waals surface area contributed by atoms with Crippen LogP contribution in [0.4, 0.5) is 10.6 Å². The highest BCUT2D eigenvalue weighted by Crippen LogP contribution is 2.14. The number of hydrogen-bond donors (Lipinski definition) is 1. The van der Waals surface area contributed by atoms with Crippen molar-refractivity contribution in [3.63, 3.8) is 0 Å². The normalized spacial score (nSPS) is 15.7. The summed E-state index contributed by atoms with van der Waals surface area (Å²) in [5, 5.41) is 7.28. The van der Waals surface area contributed by atoms with Gasteiger partial charge in [0.15, 0.2) is 5.82 Å². The summed E-state index contributed by atoms with van der Waals surface area (Å²) in [6.45, 7) is 5.66. The van der Waals surface area contributed by atoms with E-state index in [2.05, 4.69) is 21.4 Å². The van der Waals surface area contributed by atoms with E-state index in [0.29, 0.717) is 24.7 Å². The van der Waals surface area contributed by atoms with Gasteiger partial charge in [-0.15, -0.1) is 0 Å². The van der Waals surface area contributed by atoms with Crippen LogP contribution in [0.15, 0.2) is 34.9 Å². The number of aryl methyl sites for hydroxylation is 1. The lowest BCUT2D eigenvalue weighted by Gasteiger charge is -2.34. The Bertz CT molecular complexity index is 680. The molecular weight excluding hydrogens is 316 g/mol. The van der Waals surface area contributed by atoms with Gasteiger partial charge < -0.3 is 9.42 Å². The van der Waals surface area contributed by atoms with Crippen molar-refractivity contribution in [3.05, 3.63) is 46.7 Å².